The van der Waals surface area contributed by atoms with Gasteiger partial charge in [-0.25, -0.2) is 0 Å². The molecule has 0 atom stereocenters. The molecule has 0 aliphatic rings. The van der Waals surface area contributed by atoms with Gasteiger partial charge in [0.05, 0.1) is 0 Å². The van der Waals surface area contributed by atoms with Crippen molar-refractivity contribution in [3.8, 4) is 0 Å². The maximum atomic E-state index is 12.0. The Balaban J connectivity index is 2.73. The fourth-order valence-electron chi connectivity index (χ4n) is 1.91. The van der Waals surface area contributed by atoms with Crippen LogP contribution in [0.2, 0.25) is 0 Å². The molecule has 0 amide bonds. The minimum atomic E-state index is 0.305. The third-order valence-corrected chi connectivity index (χ3v) is 2.77. The zero-order valence-electron chi connectivity index (χ0n) is 9.97. The molecular formula is C14H20O. The summed E-state index contributed by atoms with van der Waals surface area (Å²) < 4.78 is 0. The van der Waals surface area contributed by atoms with E-state index in [1.807, 2.05) is 32.0 Å². The first-order valence-electron chi connectivity index (χ1n) is 5.76. The van der Waals surface area contributed by atoms with Gasteiger partial charge in [0, 0.05) is 12.0 Å². The first kappa shape index (κ1) is 12.0. The third kappa shape index (κ3) is 3.19. The van der Waals surface area contributed by atoms with Gasteiger partial charge >= 0.3 is 0 Å². The molecule has 0 aliphatic carbocycles. The summed E-state index contributed by atoms with van der Waals surface area (Å²) in [6.07, 6.45) is 4.03. The first-order valence-corrected chi connectivity index (χ1v) is 5.76. The van der Waals surface area contributed by atoms with Crippen LogP contribution in [0.15, 0.2) is 18.2 Å². The number of rotatable bonds is 5. The van der Waals surface area contributed by atoms with Gasteiger partial charge in [-0.15, -0.1) is 0 Å². The molecule has 15 heavy (non-hydrogen) atoms. The highest BCUT2D eigenvalue weighted by Crippen LogP contribution is 2.16. The Kier molecular flexibility index (Phi) is 4.54. The molecular weight excluding hydrogens is 184 g/mol. The average Bonchev–Trinajstić information content (AvgIpc) is 2.18. The van der Waals surface area contributed by atoms with Crippen LogP contribution >= 0.6 is 0 Å². The summed E-state index contributed by atoms with van der Waals surface area (Å²) >= 11 is 0. The Morgan fingerprint density at radius 1 is 1.13 bits per heavy atom. The summed E-state index contributed by atoms with van der Waals surface area (Å²) in [5, 5.41) is 0. The minimum absolute atomic E-state index is 0.305. The van der Waals surface area contributed by atoms with Crippen LogP contribution in [0.1, 0.15) is 54.1 Å². The quantitative estimate of drug-likeness (QED) is 0.522. The van der Waals surface area contributed by atoms with Crippen molar-refractivity contribution < 1.29 is 4.79 Å². The molecule has 0 fully saturated rings. The van der Waals surface area contributed by atoms with Crippen molar-refractivity contribution in [2.24, 2.45) is 0 Å². The highest BCUT2D eigenvalue weighted by atomic mass is 16.1. The van der Waals surface area contributed by atoms with E-state index < -0.39 is 0 Å². The second-order valence-corrected chi connectivity index (χ2v) is 4.15. The standard InChI is InChI=1S/C14H20O/c1-4-5-6-10-13(15)14-11(2)8-7-9-12(14)3/h7-9H,4-6,10H2,1-3H3. The van der Waals surface area contributed by atoms with Gasteiger partial charge in [0.1, 0.15) is 0 Å². The van der Waals surface area contributed by atoms with E-state index in [2.05, 4.69) is 6.92 Å². The molecule has 0 saturated carbocycles. The second kappa shape index (κ2) is 5.69. The van der Waals surface area contributed by atoms with Gasteiger partial charge in [-0.3, -0.25) is 4.79 Å². The molecule has 0 radical (unpaired) electrons. The molecule has 0 aromatic heterocycles. The monoisotopic (exact) mass is 204 g/mol. The van der Waals surface area contributed by atoms with Crippen molar-refractivity contribution in [2.75, 3.05) is 0 Å². The molecule has 0 saturated heterocycles. The van der Waals surface area contributed by atoms with Crippen molar-refractivity contribution >= 4 is 5.78 Å². The van der Waals surface area contributed by atoms with E-state index in [1.54, 1.807) is 0 Å². The van der Waals surface area contributed by atoms with Gasteiger partial charge in [0.25, 0.3) is 0 Å². The van der Waals surface area contributed by atoms with E-state index in [9.17, 15) is 4.79 Å². The number of benzene rings is 1. The zero-order valence-corrected chi connectivity index (χ0v) is 9.97. The van der Waals surface area contributed by atoms with Gasteiger partial charge < -0.3 is 0 Å². The van der Waals surface area contributed by atoms with E-state index in [0.29, 0.717) is 12.2 Å². The number of aryl methyl sites for hydroxylation is 2. The molecule has 1 nitrogen and oxygen atoms in total. The average molecular weight is 204 g/mol. The van der Waals surface area contributed by atoms with E-state index in [4.69, 9.17) is 0 Å². The van der Waals surface area contributed by atoms with Crippen molar-refractivity contribution in [1.82, 2.24) is 0 Å². The fraction of sp³-hybridized carbons (Fsp3) is 0.500. The molecule has 0 aliphatic heterocycles. The summed E-state index contributed by atoms with van der Waals surface area (Å²) in [5.74, 6) is 0.305. The Hall–Kier alpha value is -1.11. The molecule has 0 unspecified atom stereocenters. The van der Waals surface area contributed by atoms with Crippen LogP contribution < -0.4 is 0 Å². The van der Waals surface area contributed by atoms with Crippen LogP contribution in [0.4, 0.5) is 0 Å². The van der Waals surface area contributed by atoms with Crippen molar-refractivity contribution in [1.29, 1.82) is 0 Å². The molecule has 1 aromatic carbocycles. The Morgan fingerprint density at radius 3 is 2.27 bits per heavy atom. The number of hydrogen-bond acceptors (Lipinski definition) is 1. The Bertz CT molecular complexity index is 319. The van der Waals surface area contributed by atoms with E-state index in [0.717, 1.165) is 29.5 Å². The highest BCUT2D eigenvalue weighted by Gasteiger charge is 2.10. The minimum Gasteiger partial charge on any atom is -0.294 e. The summed E-state index contributed by atoms with van der Waals surface area (Å²) in [6.45, 7) is 6.18. The van der Waals surface area contributed by atoms with Gasteiger partial charge in [0.15, 0.2) is 5.78 Å². The molecule has 82 valence electrons. The molecule has 1 heteroatoms. The molecule has 1 rings (SSSR count). The lowest BCUT2D eigenvalue weighted by Crippen LogP contribution is -2.04. The van der Waals surface area contributed by atoms with Crippen molar-refractivity contribution in [3.63, 3.8) is 0 Å². The number of Topliss-reactive ketones (excluding diaryl/α,β-unsaturated/α-hetero) is 1. The van der Waals surface area contributed by atoms with Crippen LogP contribution in [0.3, 0.4) is 0 Å². The molecule has 0 N–H and O–H groups in total. The lowest BCUT2D eigenvalue weighted by molar-refractivity contribution is 0.0978. The zero-order chi connectivity index (χ0) is 11.3. The summed E-state index contributed by atoms with van der Waals surface area (Å²) in [6, 6.07) is 6.04. The predicted molar refractivity (Wildman–Crippen MR) is 64.4 cm³/mol. The third-order valence-electron chi connectivity index (χ3n) is 2.77. The SMILES string of the molecule is CCCCCC(=O)c1c(C)cccc1C. The van der Waals surface area contributed by atoms with E-state index >= 15 is 0 Å². The van der Waals surface area contributed by atoms with E-state index in [-0.39, 0.29) is 0 Å². The van der Waals surface area contributed by atoms with Crippen molar-refractivity contribution in [2.45, 2.75) is 46.5 Å². The van der Waals surface area contributed by atoms with Crippen LogP contribution in [-0.4, -0.2) is 5.78 Å². The molecule has 0 bridgehead atoms. The maximum absolute atomic E-state index is 12.0. The maximum Gasteiger partial charge on any atom is 0.163 e. The van der Waals surface area contributed by atoms with Crippen molar-refractivity contribution in [3.05, 3.63) is 34.9 Å². The smallest absolute Gasteiger partial charge is 0.163 e. The van der Waals surface area contributed by atoms with Crippen LogP contribution in [0.5, 0.6) is 0 Å². The van der Waals surface area contributed by atoms with Gasteiger partial charge in [-0.05, 0) is 31.4 Å². The lowest BCUT2D eigenvalue weighted by atomic mass is 9.96. The number of unbranched alkanes of at least 4 members (excludes halogenated alkanes) is 2. The Labute approximate surface area is 92.5 Å². The fourth-order valence-corrected chi connectivity index (χ4v) is 1.91. The highest BCUT2D eigenvalue weighted by molar-refractivity contribution is 5.98. The molecule has 1 aromatic rings. The molecule has 0 spiro atoms. The summed E-state index contributed by atoms with van der Waals surface area (Å²) in [7, 11) is 0. The summed E-state index contributed by atoms with van der Waals surface area (Å²) in [5.41, 5.74) is 3.15. The van der Waals surface area contributed by atoms with Gasteiger partial charge in [-0.2, -0.15) is 0 Å². The second-order valence-electron chi connectivity index (χ2n) is 4.15. The van der Waals surface area contributed by atoms with E-state index in [1.165, 1.54) is 6.42 Å². The number of carbonyl (C=O) groups is 1. The molecule has 0 heterocycles. The normalized spacial score (nSPS) is 10.3. The number of carbonyl (C=O) groups excluding carboxylic acids is 1. The van der Waals surface area contributed by atoms with Crippen LogP contribution in [0.25, 0.3) is 0 Å². The Morgan fingerprint density at radius 2 is 1.73 bits per heavy atom. The van der Waals surface area contributed by atoms with Gasteiger partial charge in [0.2, 0.25) is 0 Å². The first-order chi connectivity index (χ1) is 7.16. The largest absolute Gasteiger partial charge is 0.294 e. The van der Waals surface area contributed by atoms with Crippen LogP contribution in [-0.2, 0) is 0 Å². The predicted octanol–water partition coefficient (Wildman–Crippen LogP) is 4.07. The van der Waals surface area contributed by atoms with Gasteiger partial charge in [-0.1, -0.05) is 38.0 Å². The number of ketones is 1. The summed E-state index contributed by atoms with van der Waals surface area (Å²) in [4.78, 5) is 12.0. The number of hydrogen-bond donors (Lipinski definition) is 0. The lowest BCUT2D eigenvalue weighted by Gasteiger charge is -2.07. The van der Waals surface area contributed by atoms with Crippen LogP contribution in [0, 0.1) is 13.8 Å². The topological polar surface area (TPSA) is 17.1 Å².